The van der Waals surface area contributed by atoms with Gasteiger partial charge >= 0.3 is 0 Å². The molecule has 0 saturated carbocycles. The van der Waals surface area contributed by atoms with E-state index in [4.69, 9.17) is 11.6 Å². The van der Waals surface area contributed by atoms with Gasteiger partial charge in [-0.05, 0) is 40.2 Å². The van der Waals surface area contributed by atoms with Gasteiger partial charge in [-0.25, -0.2) is 9.97 Å². The van der Waals surface area contributed by atoms with Crippen LogP contribution in [0.5, 0.6) is 0 Å². The molecule has 4 nitrogen and oxygen atoms in total. The molecule has 6 heteroatoms. The summed E-state index contributed by atoms with van der Waals surface area (Å²) in [6, 6.07) is 6.72. The van der Waals surface area contributed by atoms with Crippen molar-refractivity contribution in [3.05, 3.63) is 51.8 Å². The van der Waals surface area contributed by atoms with E-state index in [1.165, 1.54) is 6.20 Å². The van der Waals surface area contributed by atoms with Gasteiger partial charge in [-0.3, -0.25) is 4.79 Å². The molecule has 0 saturated heterocycles. The second-order valence-electron chi connectivity index (χ2n) is 3.16. The third-order valence-corrected chi connectivity index (χ3v) is 2.74. The zero-order valence-electron chi connectivity index (χ0n) is 8.52. The Kier molecular flexibility index (Phi) is 3.71. The highest BCUT2D eigenvalue weighted by Gasteiger charge is 2.10. The number of pyridine rings is 2. The smallest absolute Gasteiger partial charge is 0.259 e. The second-order valence-corrected chi connectivity index (χ2v) is 4.43. The maximum atomic E-state index is 11.8. The number of carbonyl (C=O) groups is 1. The number of hydrogen-bond acceptors (Lipinski definition) is 3. The first kappa shape index (κ1) is 12.0. The Morgan fingerprint density at radius 1 is 1.29 bits per heavy atom. The largest absolute Gasteiger partial charge is 0.306 e. The number of anilines is 1. The molecule has 0 aromatic carbocycles. The molecule has 1 N–H and O–H groups in total. The van der Waals surface area contributed by atoms with Crippen LogP contribution in [0.2, 0.25) is 5.15 Å². The molecule has 0 spiro atoms. The Morgan fingerprint density at radius 2 is 2.12 bits per heavy atom. The first-order chi connectivity index (χ1) is 8.16. The van der Waals surface area contributed by atoms with Gasteiger partial charge in [-0.1, -0.05) is 11.6 Å². The topological polar surface area (TPSA) is 54.9 Å². The van der Waals surface area contributed by atoms with Crippen LogP contribution in [0.15, 0.2) is 41.1 Å². The molecule has 0 aliphatic carbocycles. The van der Waals surface area contributed by atoms with E-state index in [2.05, 4.69) is 31.2 Å². The summed E-state index contributed by atoms with van der Waals surface area (Å²) >= 11 is 9.07. The summed E-state index contributed by atoms with van der Waals surface area (Å²) in [5.41, 5.74) is 0.318. The van der Waals surface area contributed by atoms with Crippen LogP contribution in [0.25, 0.3) is 0 Å². The van der Waals surface area contributed by atoms with Gasteiger partial charge in [0.05, 0.1) is 5.56 Å². The Labute approximate surface area is 111 Å². The standard InChI is InChI=1S/C11H7BrClN3O/c12-7-3-4-9(15-6-7)16-11(17)8-2-1-5-14-10(8)13/h1-6H,(H,15,16,17). The molecular weight excluding hydrogens is 305 g/mol. The molecule has 1 amide bonds. The maximum Gasteiger partial charge on any atom is 0.259 e. The van der Waals surface area contributed by atoms with Gasteiger partial charge in [0.1, 0.15) is 11.0 Å². The van der Waals surface area contributed by atoms with Crippen LogP contribution < -0.4 is 5.32 Å². The fraction of sp³-hybridized carbons (Fsp3) is 0. The van der Waals surface area contributed by atoms with Crippen molar-refractivity contribution in [2.45, 2.75) is 0 Å². The first-order valence-corrected chi connectivity index (χ1v) is 5.87. The third-order valence-electron chi connectivity index (χ3n) is 1.97. The van der Waals surface area contributed by atoms with E-state index in [0.717, 1.165) is 4.47 Å². The van der Waals surface area contributed by atoms with Crippen LogP contribution in [-0.4, -0.2) is 15.9 Å². The van der Waals surface area contributed by atoms with Crippen molar-refractivity contribution in [3.63, 3.8) is 0 Å². The van der Waals surface area contributed by atoms with Crippen molar-refractivity contribution in [2.75, 3.05) is 5.32 Å². The van der Waals surface area contributed by atoms with Gasteiger partial charge in [-0.15, -0.1) is 0 Å². The summed E-state index contributed by atoms with van der Waals surface area (Å²) < 4.78 is 0.843. The van der Waals surface area contributed by atoms with Crippen molar-refractivity contribution >= 4 is 39.3 Å². The van der Waals surface area contributed by atoms with Gasteiger partial charge in [0, 0.05) is 16.9 Å². The van der Waals surface area contributed by atoms with Crippen molar-refractivity contribution in [3.8, 4) is 0 Å². The summed E-state index contributed by atoms with van der Waals surface area (Å²) in [6.07, 6.45) is 3.12. The number of nitrogens with one attached hydrogen (secondary N) is 1. The fourth-order valence-corrected chi connectivity index (χ4v) is 1.63. The van der Waals surface area contributed by atoms with Crippen molar-refractivity contribution in [1.82, 2.24) is 9.97 Å². The number of amides is 1. The lowest BCUT2D eigenvalue weighted by Gasteiger charge is -2.05. The molecule has 17 heavy (non-hydrogen) atoms. The predicted molar refractivity (Wildman–Crippen MR) is 69.1 cm³/mol. The summed E-state index contributed by atoms with van der Waals surface area (Å²) in [6.45, 7) is 0. The average molecular weight is 313 g/mol. The van der Waals surface area contributed by atoms with Gasteiger partial charge in [-0.2, -0.15) is 0 Å². The van der Waals surface area contributed by atoms with Gasteiger partial charge in [0.15, 0.2) is 0 Å². The maximum absolute atomic E-state index is 11.8. The minimum Gasteiger partial charge on any atom is -0.306 e. The van der Waals surface area contributed by atoms with Gasteiger partial charge < -0.3 is 5.32 Å². The minimum atomic E-state index is -0.335. The van der Waals surface area contributed by atoms with E-state index in [0.29, 0.717) is 11.4 Å². The number of halogens is 2. The molecule has 0 fully saturated rings. The molecule has 0 atom stereocenters. The highest BCUT2D eigenvalue weighted by molar-refractivity contribution is 9.10. The Balaban J connectivity index is 2.17. The van der Waals surface area contributed by atoms with Crippen LogP contribution in [0.3, 0.4) is 0 Å². The number of nitrogens with zero attached hydrogens (tertiary/aromatic N) is 2. The van der Waals surface area contributed by atoms with Crippen LogP contribution in [-0.2, 0) is 0 Å². The van der Waals surface area contributed by atoms with E-state index in [9.17, 15) is 4.79 Å². The molecule has 2 rings (SSSR count). The lowest BCUT2D eigenvalue weighted by molar-refractivity contribution is 0.102. The zero-order chi connectivity index (χ0) is 12.3. The zero-order valence-corrected chi connectivity index (χ0v) is 10.9. The Morgan fingerprint density at radius 3 is 2.76 bits per heavy atom. The number of carbonyl (C=O) groups excluding carboxylic acids is 1. The van der Waals surface area contributed by atoms with E-state index in [-0.39, 0.29) is 11.1 Å². The average Bonchev–Trinajstić information content (AvgIpc) is 2.32. The molecule has 0 unspecified atom stereocenters. The molecule has 0 radical (unpaired) electrons. The van der Waals surface area contributed by atoms with E-state index in [1.807, 2.05) is 0 Å². The normalized spacial score (nSPS) is 10.0. The number of rotatable bonds is 2. The Bertz CT molecular complexity index is 545. The van der Waals surface area contributed by atoms with Crippen molar-refractivity contribution in [1.29, 1.82) is 0 Å². The fourth-order valence-electron chi connectivity index (χ4n) is 1.19. The van der Waals surface area contributed by atoms with Gasteiger partial charge in [0.25, 0.3) is 5.91 Å². The van der Waals surface area contributed by atoms with E-state index >= 15 is 0 Å². The van der Waals surface area contributed by atoms with E-state index in [1.54, 1.807) is 30.5 Å². The van der Waals surface area contributed by atoms with E-state index < -0.39 is 0 Å². The third kappa shape index (κ3) is 3.01. The van der Waals surface area contributed by atoms with Gasteiger partial charge in [0.2, 0.25) is 0 Å². The molecule has 0 aliphatic rings. The SMILES string of the molecule is O=C(Nc1ccc(Br)cn1)c1cccnc1Cl. The monoisotopic (exact) mass is 311 g/mol. The van der Waals surface area contributed by atoms with Crippen LogP contribution in [0.1, 0.15) is 10.4 Å². The minimum absolute atomic E-state index is 0.169. The summed E-state index contributed by atoms with van der Waals surface area (Å²) in [5, 5.41) is 2.80. The number of hydrogen-bond donors (Lipinski definition) is 1. The lowest BCUT2D eigenvalue weighted by Crippen LogP contribution is -2.13. The molecule has 0 bridgehead atoms. The van der Waals surface area contributed by atoms with Crippen molar-refractivity contribution in [2.24, 2.45) is 0 Å². The molecular formula is C11H7BrClN3O. The predicted octanol–water partition coefficient (Wildman–Crippen LogP) is 3.14. The first-order valence-electron chi connectivity index (χ1n) is 4.70. The molecule has 2 heterocycles. The molecule has 2 aromatic heterocycles. The summed E-state index contributed by atoms with van der Waals surface area (Å²) in [5.74, 6) is 0.121. The highest BCUT2D eigenvalue weighted by Crippen LogP contribution is 2.15. The Hall–Kier alpha value is -1.46. The summed E-state index contributed by atoms with van der Waals surface area (Å²) in [4.78, 5) is 19.7. The number of aromatic nitrogens is 2. The highest BCUT2D eigenvalue weighted by atomic mass is 79.9. The van der Waals surface area contributed by atoms with Crippen LogP contribution >= 0.6 is 27.5 Å². The quantitative estimate of drug-likeness (QED) is 0.867. The molecule has 2 aromatic rings. The molecule has 86 valence electrons. The summed E-state index contributed by atoms with van der Waals surface area (Å²) in [7, 11) is 0. The van der Waals surface area contributed by atoms with Crippen molar-refractivity contribution < 1.29 is 4.79 Å². The van der Waals surface area contributed by atoms with Crippen LogP contribution in [0.4, 0.5) is 5.82 Å². The van der Waals surface area contributed by atoms with Crippen LogP contribution in [0, 0.1) is 0 Å². The molecule has 0 aliphatic heterocycles. The lowest BCUT2D eigenvalue weighted by atomic mass is 10.2. The second kappa shape index (κ2) is 5.25.